The average molecular weight is 524 g/mol. The highest BCUT2D eigenvalue weighted by Gasteiger charge is 2.33. The van der Waals surface area contributed by atoms with Crippen LogP contribution >= 0.6 is 0 Å². The molecule has 2 aromatic carbocycles. The summed E-state index contributed by atoms with van der Waals surface area (Å²) in [5.41, 5.74) is 4.38. The van der Waals surface area contributed by atoms with E-state index in [4.69, 9.17) is 4.74 Å². The van der Waals surface area contributed by atoms with Gasteiger partial charge in [0.05, 0.1) is 0 Å². The van der Waals surface area contributed by atoms with E-state index in [9.17, 15) is 24.3 Å². The van der Waals surface area contributed by atoms with E-state index in [0.29, 0.717) is 6.42 Å². The van der Waals surface area contributed by atoms with Gasteiger partial charge in [-0.3, -0.25) is 9.59 Å². The number of hydrogen-bond donors (Lipinski definition) is 4. The first-order valence-corrected chi connectivity index (χ1v) is 13.0. The number of rotatable bonds is 11. The van der Waals surface area contributed by atoms with Gasteiger partial charge >= 0.3 is 12.1 Å². The minimum absolute atomic E-state index is 0.109. The van der Waals surface area contributed by atoms with E-state index in [1.165, 1.54) is 6.92 Å². The van der Waals surface area contributed by atoms with Gasteiger partial charge in [0, 0.05) is 5.92 Å². The van der Waals surface area contributed by atoms with Gasteiger partial charge in [0.2, 0.25) is 11.8 Å². The molecule has 0 heterocycles. The Kier molecular flexibility index (Phi) is 9.50. The zero-order valence-electron chi connectivity index (χ0n) is 22.5. The van der Waals surface area contributed by atoms with E-state index in [2.05, 4.69) is 16.0 Å². The number of alkyl carbamates (subject to hydrolysis) is 1. The maximum absolute atomic E-state index is 12.8. The molecule has 1 aliphatic carbocycles. The van der Waals surface area contributed by atoms with Crippen molar-refractivity contribution in [3.05, 3.63) is 59.7 Å². The van der Waals surface area contributed by atoms with Gasteiger partial charge < -0.3 is 25.8 Å². The second kappa shape index (κ2) is 12.6. The highest BCUT2D eigenvalue weighted by atomic mass is 16.5. The molecule has 0 radical (unpaired) electrons. The lowest BCUT2D eigenvalue weighted by atomic mass is 9.97. The van der Waals surface area contributed by atoms with E-state index in [1.54, 1.807) is 20.8 Å². The van der Waals surface area contributed by atoms with Crippen LogP contribution in [0.25, 0.3) is 11.1 Å². The zero-order chi connectivity index (χ0) is 28.0. The van der Waals surface area contributed by atoms with Crippen molar-refractivity contribution in [3.63, 3.8) is 0 Å². The third-order valence-electron chi connectivity index (χ3n) is 7.10. The molecule has 4 atom stereocenters. The van der Waals surface area contributed by atoms with Crippen LogP contribution < -0.4 is 16.0 Å². The number of carboxylic acids is 1. The first-order chi connectivity index (χ1) is 18.0. The highest BCUT2D eigenvalue weighted by molar-refractivity contribution is 5.93. The minimum Gasteiger partial charge on any atom is -0.480 e. The summed E-state index contributed by atoms with van der Waals surface area (Å²) in [6, 6.07) is 13.0. The van der Waals surface area contributed by atoms with Gasteiger partial charge in [-0.2, -0.15) is 0 Å². The fourth-order valence-corrected chi connectivity index (χ4v) is 4.62. The molecule has 9 heteroatoms. The quantitative estimate of drug-likeness (QED) is 0.355. The first kappa shape index (κ1) is 28.7. The number of nitrogens with one attached hydrogen (secondary N) is 3. The summed E-state index contributed by atoms with van der Waals surface area (Å²) in [5, 5.41) is 17.2. The van der Waals surface area contributed by atoms with Crippen molar-refractivity contribution in [2.24, 2.45) is 11.8 Å². The third-order valence-corrected chi connectivity index (χ3v) is 7.10. The molecule has 204 valence electrons. The number of aliphatic carboxylic acids is 1. The number of hydrogen-bond acceptors (Lipinski definition) is 5. The fraction of sp³-hybridized carbons (Fsp3) is 0.448. The number of carboxylic acid groups (broad SMARTS) is 1. The van der Waals surface area contributed by atoms with Gasteiger partial charge in [0.15, 0.2) is 0 Å². The van der Waals surface area contributed by atoms with Crippen LogP contribution in [0, 0.1) is 11.8 Å². The number of fused-ring (bicyclic) bond motifs is 3. The van der Waals surface area contributed by atoms with Crippen LogP contribution in [0.1, 0.15) is 58.1 Å². The molecule has 38 heavy (non-hydrogen) atoms. The lowest BCUT2D eigenvalue weighted by Gasteiger charge is -2.27. The van der Waals surface area contributed by atoms with Crippen LogP contribution in [0.15, 0.2) is 48.5 Å². The van der Waals surface area contributed by atoms with Crippen LogP contribution in [0.5, 0.6) is 0 Å². The Bertz CT molecular complexity index is 1130. The van der Waals surface area contributed by atoms with Crippen LogP contribution in [0.4, 0.5) is 4.79 Å². The maximum Gasteiger partial charge on any atom is 0.407 e. The molecule has 0 aliphatic heterocycles. The van der Waals surface area contributed by atoms with Gasteiger partial charge in [0.1, 0.15) is 24.7 Å². The SMILES string of the molecule is CC[C@H](C)[C@H](NC(=O)[C@@H](NC(=O)[C@H](C)NC(=O)OCC1c2ccccc2-c2ccccc21)C(C)C)C(=O)O. The highest BCUT2D eigenvalue weighted by Crippen LogP contribution is 2.44. The van der Waals surface area contributed by atoms with Crippen LogP contribution in [0.3, 0.4) is 0 Å². The molecule has 9 nitrogen and oxygen atoms in total. The first-order valence-electron chi connectivity index (χ1n) is 13.0. The van der Waals surface area contributed by atoms with E-state index < -0.39 is 42.0 Å². The smallest absolute Gasteiger partial charge is 0.407 e. The molecule has 0 aromatic heterocycles. The van der Waals surface area contributed by atoms with Crippen molar-refractivity contribution in [3.8, 4) is 11.1 Å². The van der Waals surface area contributed by atoms with Crippen molar-refractivity contribution in [1.82, 2.24) is 16.0 Å². The minimum atomic E-state index is -1.13. The molecular weight excluding hydrogens is 486 g/mol. The molecule has 4 N–H and O–H groups in total. The summed E-state index contributed by atoms with van der Waals surface area (Å²) in [7, 11) is 0. The van der Waals surface area contributed by atoms with Crippen molar-refractivity contribution in [2.75, 3.05) is 6.61 Å². The van der Waals surface area contributed by atoms with Gasteiger partial charge in [-0.05, 0) is 41.0 Å². The van der Waals surface area contributed by atoms with Crippen molar-refractivity contribution in [1.29, 1.82) is 0 Å². The Balaban J connectivity index is 1.58. The summed E-state index contributed by atoms with van der Waals surface area (Å²) >= 11 is 0. The molecule has 0 bridgehead atoms. The Morgan fingerprint density at radius 1 is 0.816 bits per heavy atom. The third kappa shape index (κ3) is 6.51. The number of carbonyl (C=O) groups is 4. The van der Waals surface area contributed by atoms with Gasteiger partial charge in [-0.1, -0.05) is 82.6 Å². The summed E-state index contributed by atoms with van der Waals surface area (Å²) in [4.78, 5) is 49.8. The second-order valence-corrected chi connectivity index (χ2v) is 10.1. The Morgan fingerprint density at radius 2 is 1.34 bits per heavy atom. The number of ether oxygens (including phenoxy) is 1. The molecule has 2 aromatic rings. The van der Waals surface area contributed by atoms with Crippen LogP contribution in [0.2, 0.25) is 0 Å². The standard InChI is InChI=1S/C29H37N3O6/c1-6-17(4)25(28(35)36)32-27(34)24(16(2)3)31-26(33)18(5)30-29(37)38-15-23-21-13-9-7-11-19(21)20-12-8-10-14-22(20)23/h7-14,16-18,23-25H,6,15H2,1-5H3,(H,30,37)(H,31,33)(H,32,34)(H,35,36)/t17-,18-,24-,25-/m0/s1. The summed E-state index contributed by atoms with van der Waals surface area (Å²) in [5.74, 6) is -3.01. The second-order valence-electron chi connectivity index (χ2n) is 10.1. The number of amides is 3. The lowest BCUT2D eigenvalue weighted by Crippen LogP contribution is -2.57. The molecule has 0 saturated carbocycles. The van der Waals surface area contributed by atoms with Crippen LogP contribution in [-0.4, -0.2) is 53.7 Å². The molecule has 0 spiro atoms. The predicted molar refractivity (Wildman–Crippen MR) is 143 cm³/mol. The summed E-state index contributed by atoms with van der Waals surface area (Å²) in [6.07, 6.45) is -0.181. The molecule has 1 aliphatic rings. The predicted octanol–water partition coefficient (Wildman–Crippen LogP) is 3.67. The lowest BCUT2D eigenvalue weighted by molar-refractivity contribution is -0.144. The zero-order valence-corrected chi connectivity index (χ0v) is 22.5. The Morgan fingerprint density at radius 3 is 1.84 bits per heavy atom. The van der Waals surface area contributed by atoms with Gasteiger partial charge in [-0.25, -0.2) is 9.59 Å². The van der Waals surface area contributed by atoms with Gasteiger partial charge in [-0.15, -0.1) is 0 Å². The number of carbonyl (C=O) groups excluding carboxylic acids is 3. The molecule has 0 fully saturated rings. The largest absolute Gasteiger partial charge is 0.480 e. The van der Waals surface area contributed by atoms with Crippen LogP contribution in [-0.2, 0) is 19.1 Å². The average Bonchev–Trinajstić information content (AvgIpc) is 3.21. The fourth-order valence-electron chi connectivity index (χ4n) is 4.62. The van der Waals surface area contributed by atoms with Crippen molar-refractivity contribution >= 4 is 23.9 Å². The monoisotopic (exact) mass is 523 g/mol. The molecule has 3 rings (SSSR count). The van der Waals surface area contributed by atoms with E-state index in [1.807, 2.05) is 55.5 Å². The maximum atomic E-state index is 12.8. The Labute approximate surface area is 223 Å². The molecular formula is C29H37N3O6. The molecule has 3 amide bonds. The van der Waals surface area contributed by atoms with E-state index in [0.717, 1.165) is 22.3 Å². The summed E-state index contributed by atoms with van der Waals surface area (Å²) in [6.45, 7) is 8.66. The van der Waals surface area contributed by atoms with Gasteiger partial charge in [0.25, 0.3) is 0 Å². The Hall–Kier alpha value is -3.88. The normalized spacial score (nSPS) is 15.4. The van der Waals surface area contributed by atoms with E-state index in [-0.39, 0.29) is 24.4 Å². The van der Waals surface area contributed by atoms with Crippen molar-refractivity contribution < 1.29 is 29.0 Å². The number of benzene rings is 2. The summed E-state index contributed by atoms with van der Waals surface area (Å²) < 4.78 is 5.50. The molecule has 0 unspecified atom stereocenters. The van der Waals surface area contributed by atoms with E-state index >= 15 is 0 Å². The topological polar surface area (TPSA) is 134 Å². The molecule has 0 saturated heterocycles. The van der Waals surface area contributed by atoms with Crippen molar-refractivity contribution in [2.45, 2.75) is 65.1 Å².